The Balaban J connectivity index is 3.00. The number of allylic oxidation sites excluding steroid dienone is 2. The predicted octanol–water partition coefficient (Wildman–Crippen LogP) is 7.15. The molecule has 0 fully saturated rings. The van der Waals surface area contributed by atoms with Gasteiger partial charge in [-0.15, -0.1) is 0 Å². The highest BCUT2D eigenvalue weighted by molar-refractivity contribution is 4.81. The highest BCUT2D eigenvalue weighted by Crippen LogP contribution is 2.12. The second kappa shape index (κ2) is 20.7. The van der Waals surface area contributed by atoms with E-state index in [0.29, 0.717) is 0 Å². The van der Waals surface area contributed by atoms with Crippen LogP contribution >= 0.6 is 0 Å². The van der Waals surface area contributed by atoms with Gasteiger partial charge in [0.05, 0.1) is 0 Å². The van der Waals surface area contributed by atoms with Crippen molar-refractivity contribution >= 4 is 0 Å². The molecule has 0 aliphatic carbocycles. The van der Waals surface area contributed by atoms with Gasteiger partial charge in [-0.2, -0.15) is 0 Å². The molecule has 0 aromatic rings. The van der Waals surface area contributed by atoms with Crippen molar-refractivity contribution in [2.75, 3.05) is 6.54 Å². The molecule has 132 valence electrons. The minimum Gasteiger partial charge on any atom is -0.330 e. The van der Waals surface area contributed by atoms with Gasteiger partial charge in [-0.1, -0.05) is 96.1 Å². The predicted molar refractivity (Wildman–Crippen MR) is 102 cm³/mol. The molecule has 1 heteroatoms. The van der Waals surface area contributed by atoms with Gasteiger partial charge in [0, 0.05) is 0 Å². The van der Waals surface area contributed by atoms with Crippen LogP contribution in [0.25, 0.3) is 0 Å². The quantitative estimate of drug-likeness (QED) is 0.211. The molecule has 0 heterocycles. The summed E-state index contributed by atoms with van der Waals surface area (Å²) in [4.78, 5) is 0. The molecule has 0 aromatic heterocycles. The van der Waals surface area contributed by atoms with E-state index in [1.54, 1.807) is 0 Å². The molecule has 0 radical (unpaired) electrons. The average Bonchev–Trinajstić information content (AvgIpc) is 2.54. The molecule has 0 aliphatic heterocycles. The lowest BCUT2D eigenvalue weighted by atomic mass is 10.0. The normalized spacial score (nSPS) is 11.5. The first-order chi connectivity index (χ1) is 10.9. The summed E-state index contributed by atoms with van der Waals surface area (Å²) in [5.41, 5.74) is 5.48. The molecule has 0 aliphatic rings. The number of hydrogen-bond acceptors (Lipinski definition) is 1. The summed E-state index contributed by atoms with van der Waals surface area (Å²) < 4.78 is 0. The molecular formula is C21H43N. The maximum Gasteiger partial charge on any atom is -0.00773 e. The maximum absolute atomic E-state index is 5.48. The van der Waals surface area contributed by atoms with Crippen molar-refractivity contribution in [3.05, 3.63) is 12.2 Å². The van der Waals surface area contributed by atoms with Gasteiger partial charge in [-0.05, 0) is 38.6 Å². The van der Waals surface area contributed by atoms with E-state index < -0.39 is 0 Å². The molecule has 0 spiro atoms. The lowest BCUT2D eigenvalue weighted by molar-refractivity contribution is 0.545. The smallest absolute Gasteiger partial charge is 0.00773 e. The summed E-state index contributed by atoms with van der Waals surface area (Å²) in [6, 6.07) is 0. The third-order valence-corrected chi connectivity index (χ3v) is 4.47. The van der Waals surface area contributed by atoms with Gasteiger partial charge in [0.2, 0.25) is 0 Å². The van der Waals surface area contributed by atoms with Crippen molar-refractivity contribution in [2.45, 2.75) is 116 Å². The van der Waals surface area contributed by atoms with Crippen LogP contribution in [0.15, 0.2) is 12.2 Å². The fraction of sp³-hybridized carbons (Fsp3) is 0.905. The third kappa shape index (κ3) is 19.7. The summed E-state index contributed by atoms with van der Waals surface area (Å²) in [7, 11) is 0. The first-order valence-electron chi connectivity index (χ1n) is 10.3. The molecular weight excluding hydrogens is 266 g/mol. The Bertz CT molecular complexity index is 210. The molecule has 0 rings (SSSR count). The Morgan fingerprint density at radius 1 is 0.500 bits per heavy atom. The standard InChI is InChI=1S/C21H43N/c1-2-3-4-5-6-7-8-9-10-11-12-13-14-15-16-17-18-19-20-21-22/h15-16H,2-14,17-22H2,1H3. The summed E-state index contributed by atoms with van der Waals surface area (Å²) in [6.45, 7) is 3.14. The molecule has 22 heavy (non-hydrogen) atoms. The molecule has 0 unspecified atom stereocenters. The van der Waals surface area contributed by atoms with Crippen molar-refractivity contribution in [1.82, 2.24) is 0 Å². The number of rotatable bonds is 18. The molecule has 0 saturated heterocycles. The lowest BCUT2D eigenvalue weighted by Gasteiger charge is -2.02. The number of unbranched alkanes of at least 4 members (excludes halogenated alkanes) is 15. The molecule has 0 bridgehead atoms. The Labute approximate surface area is 141 Å². The zero-order valence-corrected chi connectivity index (χ0v) is 15.5. The minimum atomic E-state index is 0.850. The zero-order valence-electron chi connectivity index (χ0n) is 15.5. The Hall–Kier alpha value is -0.300. The van der Waals surface area contributed by atoms with E-state index in [1.165, 1.54) is 109 Å². The third-order valence-electron chi connectivity index (χ3n) is 4.47. The van der Waals surface area contributed by atoms with E-state index in [0.717, 1.165) is 6.54 Å². The van der Waals surface area contributed by atoms with Gasteiger partial charge < -0.3 is 5.73 Å². The van der Waals surface area contributed by atoms with E-state index in [1.807, 2.05) is 0 Å². The zero-order chi connectivity index (χ0) is 16.1. The van der Waals surface area contributed by atoms with Gasteiger partial charge in [0.15, 0.2) is 0 Å². The Morgan fingerprint density at radius 2 is 0.864 bits per heavy atom. The Morgan fingerprint density at radius 3 is 1.27 bits per heavy atom. The van der Waals surface area contributed by atoms with Crippen LogP contribution in [0.5, 0.6) is 0 Å². The SMILES string of the molecule is CCCCCCCCCCCCCCC=CCCCCCN. The van der Waals surface area contributed by atoms with Crippen molar-refractivity contribution in [3.8, 4) is 0 Å². The average molecular weight is 310 g/mol. The van der Waals surface area contributed by atoms with Gasteiger partial charge >= 0.3 is 0 Å². The first kappa shape index (κ1) is 21.7. The van der Waals surface area contributed by atoms with Crippen LogP contribution in [0, 0.1) is 0 Å². The lowest BCUT2D eigenvalue weighted by Crippen LogP contribution is -1.97. The highest BCUT2D eigenvalue weighted by Gasteiger charge is 1.93. The summed E-state index contributed by atoms with van der Waals surface area (Å²) in [5.74, 6) is 0. The first-order valence-corrected chi connectivity index (χ1v) is 10.3. The maximum atomic E-state index is 5.48. The Kier molecular flexibility index (Phi) is 20.4. The monoisotopic (exact) mass is 309 g/mol. The van der Waals surface area contributed by atoms with E-state index in [4.69, 9.17) is 5.73 Å². The fourth-order valence-corrected chi connectivity index (χ4v) is 2.92. The minimum absolute atomic E-state index is 0.850. The molecule has 0 saturated carbocycles. The van der Waals surface area contributed by atoms with Gasteiger partial charge in [-0.3, -0.25) is 0 Å². The van der Waals surface area contributed by atoms with Crippen LogP contribution in [0.2, 0.25) is 0 Å². The van der Waals surface area contributed by atoms with E-state index in [-0.39, 0.29) is 0 Å². The van der Waals surface area contributed by atoms with Gasteiger partial charge in [0.25, 0.3) is 0 Å². The van der Waals surface area contributed by atoms with Crippen molar-refractivity contribution in [1.29, 1.82) is 0 Å². The molecule has 1 nitrogen and oxygen atoms in total. The highest BCUT2D eigenvalue weighted by atomic mass is 14.5. The number of hydrogen-bond donors (Lipinski definition) is 1. The molecule has 0 aromatic carbocycles. The summed E-state index contributed by atoms with van der Waals surface area (Å²) in [6.07, 6.45) is 28.4. The van der Waals surface area contributed by atoms with Crippen LogP contribution in [0.3, 0.4) is 0 Å². The van der Waals surface area contributed by atoms with Gasteiger partial charge in [-0.25, -0.2) is 0 Å². The molecule has 2 N–H and O–H groups in total. The van der Waals surface area contributed by atoms with E-state index >= 15 is 0 Å². The van der Waals surface area contributed by atoms with Crippen LogP contribution in [0.4, 0.5) is 0 Å². The van der Waals surface area contributed by atoms with Crippen LogP contribution < -0.4 is 5.73 Å². The second-order valence-electron chi connectivity index (χ2n) is 6.79. The summed E-state index contributed by atoms with van der Waals surface area (Å²) >= 11 is 0. The van der Waals surface area contributed by atoms with Crippen molar-refractivity contribution in [3.63, 3.8) is 0 Å². The fourth-order valence-electron chi connectivity index (χ4n) is 2.92. The van der Waals surface area contributed by atoms with Crippen molar-refractivity contribution < 1.29 is 0 Å². The number of nitrogens with two attached hydrogens (primary N) is 1. The van der Waals surface area contributed by atoms with E-state index in [2.05, 4.69) is 19.1 Å². The van der Waals surface area contributed by atoms with Gasteiger partial charge in [0.1, 0.15) is 0 Å². The molecule has 0 amide bonds. The van der Waals surface area contributed by atoms with E-state index in [9.17, 15) is 0 Å². The van der Waals surface area contributed by atoms with Crippen LogP contribution in [-0.4, -0.2) is 6.54 Å². The summed E-state index contributed by atoms with van der Waals surface area (Å²) in [5, 5.41) is 0. The largest absolute Gasteiger partial charge is 0.330 e. The topological polar surface area (TPSA) is 26.0 Å². The van der Waals surface area contributed by atoms with Crippen molar-refractivity contribution in [2.24, 2.45) is 5.73 Å². The molecule has 0 atom stereocenters. The van der Waals surface area contributed by atoms with Crippen LogP contribution in [-0.2, 0) is 0 Å². The second-order valence-corrected chi connectivity index (χ2v) is 6.79. The van der Waals surface area contributed by atoms with Crippen LogP contribution in [0.1, 0.15) is 116 Å².